The number of primary sulfonamides is 1. The van der Waals surface area contributed by atoms with E-state index in [-0.39, 0.29) is 28.9 Å². The molecule has 1 spiro atoms. The van der Waals surface area contributed by atoms with Crippen molar-refractivity contribution in [1.82, 2.24) is 9.47 Å². The maximum absolute atomic E-state index is 13.6. The lowest BCUT2D eigenvalue weighted by molar-refractivity contribution is -0.200. The number of methoxy groups -OCH3 is 1. The number of hydrogen-bond donors (Lipinski definition) is 3. The van der Waals surface area contributed by atoms with Crippen LogP contribution in [-0.2, 0) is 21.3 Å². The fourth-order valence-electron chi connectivity index (χ4n) is 6.58. The van der Waals surface area contributed by atoms with E-state index < -0.39 is 22.7 Å². The molecular formula is C31H36F3N5O4S. The number of anilines is 2. The van der Waals surface area contributed by atoms with Gasteiger partial charge in [-0.05, 0) is 61.9 Å². The highest BCUT2D eigenvalue weighted by Crippen LogP contribution is 2.41. The maximum atomic E-state index is 13.6. The van der Waals surface area contributed by atoms with Gasteiger partial charge >= 0.3 is 6.18 Å². The summed E-state index contributed by atoms with van der Waals surface area (Å²) in [7, 11) is -2.52. The average molecular weight is 632 g/mol. The molecule has 2 aromatic carbocycles. The third kappa shape index (κ3) is 6.49. The van der Waals surface area contributed by atoms with Crippen LogP contribution in [0, 0.1) is 17.3 Å². The molecule has 3 heterocycles. The van der Waals surface area contributed by atoms with Gasteiger partial charge in [0.2, 0.25) is 10.0 Å². The molecule has 6 rings (SSSR count). The minimum absolute atomic E-state index is 0.0815. The summed E-state index contributed by atoms with van der Waals surface area (Å²) in [6.45, 7) is 2.94. The van der Waals surface area contributed by atoms with Gasteiger partial charge in [0.15, 0.2) is 0 Å². The van der Waals surface area contributed by atoms with E-state index >= 15 is 0 Å². The van der Waals surface area contributed by atoms with Crippen molar-refractivity contribution in [1.29, 1.82) is 0 Å². The molecule has 236 valence electrons. The third-order valence-electron chi connectivity index (χ3n) is 8.83. The van der Waals surface area contributed by atoms with Crippen LogP contribution in [0.4, 0.5) is 24.5 Å². The molecule has 0 unspecified atom stereocenters. The Labute approximate surface area is 254 Å². The average Bonchev–Trinajstić information content (AvgIpc) is 3.26. The van der Waals surface area contributed by atoms with Gasteiger partial charge in [0.1, 0.15) is 12.3 Å². The van der Waals surface area contributed by atoms with Crippen LogP contribution in [0.5, 0.6) is 5.75 Å². The van der Waals surface area contributed by atoms with Crippen LogP contribution in [0.1, 0.15) is 31.4 Å². The lowest BCUT2D eigenvalue weighted by atomic mass is 9.75. The third-order valence-corrected chi connectivity index (χ3v) is 9.75. The van der Waals surface area contributed by atoms with Crippen molar-refractivity contribution in [2.75, 3.05) is 50.6 Å². The smallest absolute Gasteiger partial charge is 0.406 e. The van der Waals surface area contributed by atoms with Gasteiger partial charge in [-0.15, -0.1) is 0 Å². The first-order chi connectivity index (χ1) is 20.9. The first-order valence-corrected chi connectivity index (χ1v) is 16.2. The number of likely N-dealkylation sites (tertiary alicyclic amines) is 1. The Morgan fingerprint density at radius 2 is 1.84 bits per heavy atom. The van der Waals surface area contributed by atoms with Crippen molar-refractivity contribution in [2.45, 2.75) is 55.4 Å². The van der Waals surface area contributed by atoms with Crippen LogP contribution in [-0.4, -0.2) is 76.1 Å². The van der Waals surface area contributed by atoms with E-state index in [1.807, 2.05) is 6.07 Å². The summed E-state index contributed by atoms with van der Waals surface area (Å²) in [6.07, 6.45) is -0.228. The number of benzene rings is 2. The van der Waals surface area contributed by atoms with Gasteiger partial charge < -0.3 is 24.7 Å². The second kappa shape index (κ2) is 11.8. The van der Waals surface area contributed by atoms with E-state index in [0.717, 1.165) is 57.7 Å². The first-order valence-electron chi connectivity index (χ1n) is 14.6. The molecule has 0 amide bonds. The number of nitrogens with zero attached hydrogens (tertiary/aromatic N) is 2. The molecule has 0 atom stereocenters. The molecule has 44 heavy (non-hydrogen) atoms. The number of sulfonamides is 1. The van der Waals surface area contributed by atoms with Crippen LogP contribution >= 0.6 is 0 Å². The zero-order chi connectivity index (χ0) is 31.1. The lowest BCUT2D eigenvalue weighted by Crippen LogP contribution is -2.68. The van der Waals surface area contributed by atoms with Gasteiger partial charge in [0.25, 0.3) is 0 Å². The number of ether oxygens (including phenoxy) is 2. The minimum Gasteiger partial charge on any atom is -0.495 e. The van der Waals surface area contributed by atoms with Crippen LogP contribution in [0.25, 0.3) is 10.9 Å². The Kier molecular flexibility index (Phi) is 8.21. The van der Waals surface area contributed by atoms with E-state index in [0.29, 0.717) is 28.0 Å². The largest absolute Gasteiger partial charge is 0.495 e. The fourth-order valence-corrected chi connectivity index (χ4v) is 7.11. The van der Waals surface area contributed by atoms with Gasteiger partial charge in [0, 0.05) is 47.7 Å². The predicted octanol–water partition coefficient (Wildman–Crippen LogP) is 4.38. The van der Waals surface area contributed by atoms with Gasteiger partial charge in [0.05, 0.1) is 48.7 Å². The van der Waals surface area contributed by atoms with Gasteiger partial charge in [-0.25, -0.2) is 13.6 Å². The molecule has 9 nitrogen and oxygen atoms in total. The molecule has 2 saturated heterocycles. The van der Waals surface area contributed by atoms with E-state index in [1.165, 1.54) is 29.9 Å². The molecule has 1 saturated carbocycles. The second-order valence-corrected chi connectivity index (χ2v) is 13.6. The van der Waals surface area contributed by atoms with Crippen molar-refractivity contribution in [3.05, 3.63) is 48.2 Å². The molecule has 0 bridgehead atoms. The normalized spacial score (nSPS) is 21.7. The Hall–Kier alpha value is -3.44. The number of fused-ring (bicyclic) bond motifs is 1. The molecule has 2 aliphatic heterocycles. The monoisotopic (exact) mass is 631 g/mol. The second-order valence-electron chi connectivity index (χ2n) is 12.1. The number of alkyl halides is 3. The SMILES string of the molecule is COc1cc(S(N)(=O)=O)ccc1NCC#Cc1cc2c(N[C@H]3CC[C@@H](N4CC5(COC5)C4)CC3)cccc2n1CC(F)(F)F. The lowest BCUT2D eigenvalue weighted by Gasteiger charge is -2.58. The summed E-state index contributed by atoms with van der Waals surface area (Å²) in [4.78, 5) is 2.47. The maximum Gasteiger partial charge on any atom is 0.406 e. The van der Waals surface area contributed by atoms with Crippen LogP contribution in [0.3, 0.4) is 0 Å². The predicted molar refractivity (Wildman–Crippen MR) is 162 cm³/mol. The standard InChI is InChI=1S/C31H36F3N5O4S/c1-42-29-15-24(44(35,40)41)11-12-27(29)36-13-3-4-23-14-25-26(5-2-6-28(25)39(23)18-31(32,33)34)37-21-7-9-22(10-8-21)38-16-30(17-38)19-43-20-30/h2,5-6,11-12,14-15,21-22,36-37H,7-10,13,16-20H2,1H3,(H2,35,40,41)/t21-,22+. The molecule has 3 fully saturated rings. The molecule has 1 aliphatic carbocycles. The molecule has 13 heteroatoms. The molecule has 3 aliphatic rings. The van der Waals surface area contributed by atoms with Crippen LogP contribution < -0.4 is 20.5 Å². The fraction of sp³-hybridized carbons (Fsp3) is 0.484. The number of halogens is 3. The van der Waals surface area contributed by atoms with E-state index in [4.69, 9.17) is 14.6 Å². The van der Waals surface area contributed by atoms with Crippen molar-refractivity contribution in [3.8, 4) is 17.6 Å². The van der Waals surface area contributed by atoms with Crippen molar-refractivity contribution in [2.24, 2.45) is 10.6 Å². The summed E-state index contributed by atoms with van der Waals surface area (Å²) in [5.41, 5.74) is 2.39. The molecule has 0 radical (unpaired) electrons. The molecular weight excluding hydrogens is 595 g/mol. The highest BCUT2D eigenvalue weighted by atomic mass is 32.2. The van der Waals surface area contributed by atoms with Crippen LogP contribution in [0.2, 0.25) is 0 Å². The van der Waals surface area contributed by atoms with E-state index in [1.54, 1.807) is 18.2 Å². The molecule has 1 aromatic heterocycles. The summed E-state index contributed by atoms with van der Waals surface area (Å²) in [5, 5.41) is 12.5. The Morgan fingerprint density at radius 1 is 1.09 bits per heavy atom. The Morgan fingerprint density at radius 3 is 2.48 bits per heavy atom. The summed E-state index contributed by atoms with van der Waals surface area (Å²) in [5.74, 6) is 6.04. The Balaban J connectivity index is 1.16. The molecule has 3 aromatic rings. The summed E-state index contributed by atoms with van der Waals surface area (Å²) >= 11 is 0. The van der Waals surface area contributed by atoms with Gasteiger partial charge in [-0.3, -0.25) is 4.90 Å². The zero-order valence-electron chi connectivity index (χ0n) is 24.4. The van der Waals surface area contributed by atoms with E-state index in [9.17, 15) is 21.6 Å². The number of rotatable bonds is 8. The first kappa shape index (κ1) is 30.6. The quantitative estimate of drug-likeness (QED) is 0.317. The number of hydrogen-bond acceptors (Lipinski definition) is 7. The zero-order valence-corrected chi connectivity index (χ0v) is 25.2. The van der Waals surface area contributed by atoms with Crippen LogP contribution in [0.15, 0.2) is 47.4 Å². The summed E-state index contributed by atoms with van der Waals surface area (Å²) < 4.78 is 76.1. The Bertz CT molecular complexity index is 1690. The topological polar surface area (TPSA) is 111 Å². The minimum atomic E-state index is -4.43. The van der Waals surface area contributed by atoms with Crippen molar-refractivity contribution in [3.63, 3.8) is 0 Å². The summed E-state index contributed by atoms with van der Waals surface area (Å²) in [6, 6.07) is 12.1. The van der Waals surface area contributed by atoms with Crippen molar-refractivity contribution >= 4 is 32.3 Å². The van der Waals surface area contributed by atoms with E-state index in [2.05, 4.69) is 27.4 Å². The number of aromatic nitrogens is 1. The van der Waals surface area contributed by atoms with Gasteiger partial charge in [-0.1, -0.05) is 12.0 Å². The van der Waals surface area contributed by atoms with Crippen molar-refractivity contribution < 1.29 is 31.1 Å². The number of nitrogens with two attached hydrogens (primary N) is 1. The number of nitrogens with one attached hydrogen (secondary N) is 2. The van der Waals surface area contributed by atoms with Gasteiger partial charge in [-0.2, -0.15) is 13.2 Å². The highest BCUT2D eigenvalue weighted by Gasteiger charge is 2.50. The highest BCUT2D eigenvalue weighted by molar-refractivity contribution is 7.89. The molecule has 4 N–H and O–H groups in total.